The molecule has 0 bridgehead atoms. The van der Waals surface area contributed by atoms with E-state index < -0.39 is 0 Å². The molecule has 80 valence electrons. The molecule has 0 aromatic carbocycles. The van der Waals surface area contributed by atoms with Crippen molar-refractivity contribution >= 4 is 12.4 Å². The van der Waals surface area contributed by atoms with Crippen LogP contribution < -0.4 is 16.7 Å². The Labute approximate surface area is 86.1 Å². The van der Waals surface area contributed by atoms with Crippen molar-refractivity contribution in [3.05, 3.63) is 21.0 Å². The van der Waals surface area contributed by atoms with Gasteiger partial charge in [-0.3, -0.25) is 0 Å². The number of nitrogens with one attached hydrogen (secondary N) is 3. The normalized spacial score (nSPS) is 17.7. The highest BCUT2D eigenvalue weighted by Crippen LogP contribution is 2.13. The Morgan fingerprint density at radius 1 is 1.07 bits per heavy atom. The summed E-state index contributed by atoms with van der Waals surface area (Å²) in [6, 6.07) is 0.0451. The summed E-state index contributed by atoms with van der Waals surface area (Å²) >= 11 is 0. The minimum absolute atomic E-state index is 0. The van der Waals surface area contributed by atoms with Gasteiger partial charge in [0, 0.05) is 6.04 Å². The van der Waals surface area contributed by atoms with Gasteiger partial charge in [0.05, 0.1) is 0 Å². The Hall–Kier alpha value is -1.01. The molecule has 1 aromatic rings. The second kappa shape index (κ2) is 4.47. The number of hydrogen-bond donors (Lipinski definition) is 3. The number of piperidine rings is 1. The van der Waals surface area contributed by atoms with E-state index in [-0.39, 0.29) is 29.8 Å². The van der Waals surface area contributed by atoms with Crippen LogP contribution in [0.15, 0.2) is 9.59 Å². The Balaban J connectivity index is 0.000000980. The summed E-state index contributed by atoms with van der Waals surface area (Å²) in [5.41, 5.74) is -0.672. The molecule has 1 aromatic heterocycles. The Bertz CT molecular complexity index is 359. The maximum atomic E-state index is 11.2. The predicted molar refractivity (Wildman–Crippen MR) is 54.1 cm³/mol. The molecule has 0 unspecified atom stereocenters. The van der Waals surface area contributed by atoms with Crippen molar-refractivity contribution in [2.75, 3.05) is 13.1 Å². The van der Waals surface area contributed by atoms with Gasteiger partial charge in [-0.2, -0.15) is 0 Å². The van der Waals surface area contributed by atoms with Gasteiger partial charge in [-0.05, 0) is 25.9 Å². The number of hydrogen-bond acceptors (Lipinski definition) is 3. The maximum absolute atomic E-state index is 11.2. The van der Waals surface area contributed by atoms with Crippen molar-refractivity contribution < 1.29 is 0 Å². The molecule has 3 N–H and O–H groups in total. The highest BCUT2D eigenvalue weighted by molar-refractivity contribution is 5.85. The van der Waals surface area contributed by atoms with E-state index >= 15 is 0 Å². The van der Waals surface area contributed by atoms with E-state index in [1.165, 1.54) is 4.57 Å². The molecular weight excluding hydrogens is 208 g/mol. The van der Waals surface area contributed by atoms with Crippen LogP contribution >= 0.6 is 12.4 Å². The lowest BCUT2D eigenvalue weighted by Gasteiger charge is -2.21. The van der Waals surface area contributed by atoms with Crippen LogP contribution in [0.3, 0.4) is 0 Å². The Morgan fingerprint density at radius 3 is 2.07 bits per heavy atom. The summed E-state index contributed by atoms with van der Waals surface area (Å²) in [7, 11) is 0. The van der Waals surface area contributed by atoms with Crippen molar-refractivity contribution in [3.63, 3.8) is 0 Å². The van der Waals surface area contributed by atoms with Gasteiger partial charge in [0.15, 0.2) is 0 Å². The van der Waals surface area contributed by atoms with Crippen LogP contribution in [0.2, 0.25) is 0 Å². The molecule has 7 heteroatoms. The molecule has 0 aliphatic carbocycles. The standard InChI is InChI=1S/C7H12N4O2.ClH/c12-6-9-10-7(13)11(6)5-1-3-8-4-2-5;/h5,8H,1-4H2,(H,9,12)(H,10,13);1H. The highest BCUT2D eigenvalue weighted by atomic mass is 35.5. The van der Waals surface area contributed by atoms with E-state index in [0.29, 0.717) is 0 Å². The second-order valence-corrected chi connectivity index (χ2v) is 3.21. The summed E-state index contributed by atoms with van der Waals surface area (Å²) < 4.78 is 1.26. The number of H-pyrrole nitrogens is 2. The molecule has 1 fully saturated rings. The lowest BCUT2D eigenvalue weighted by atomic mass is 10.1. The van der Waals surface area contributed by atoms with Gasteiger partial charge in [0.25, 0.3) is 0 Å². The van der Waals surface area contributed by atoms with Gasteiger partial charge < -0.3 is 5.32 Å². The number of halogens is 1. The smallest absolute Gasteiger partial charge is 0.317 e. The number of aromatic amines is 2. The third kappa shape index (κ3) is 1.91. The first-order valence-corrected chi connectivity index (χ1v) is 4.39. The average molecular weight is 221 g/mol. The first-order chi connectivity index (χ1) is 6.29. The Kier molecular flexibility index (Phi) is 3.54. The number of rotatable bonds is 1. The summed E-state index contributed by atoms with van der Waals surface area (Å²) in [6.07, 6.45) is 1.67. The lowest BCUT2D eigenvalue weighted by Crippen LogP contribution is -2.37. The lowest BCUT2D eigenvalue weighted by molar-refractivity contribution is 0.355. The van der Waals surface area contributed by atoms with E-state index in [1.54, 1.807) is 0 Å². The van der Waals surface area contributed by atoms with E-state index in [9.17, 15) is 9.59 Å². The second-order valence-electron chi connectivity index (χ2n) is 3.21. The zero-order valence-corrected chi connectivity index (χ0v) is 8.39. The summed E-state index contributed by atoms with van der Waals surface area (Å²) in [4.78, 5) is 22.4. The summed E-state index contributed by atoms with van der Waals surface area (Å²) in [6.45, 7) is 1.73. The van der Waals surface area contributed by atoms with Crippen LogP contribution in [0.25, 0.3) is 0 Å². The van der Waals surface area contributed by atoms with Crippen molar-refractivity contribution in [1.82, 2.24) is 20.1 Å². The maximum Gasteiger partial charge on any atom is 0.344 e. The molecule has 1 saturated heterocycles. The van der Waals surface area contributed by atoms with Gasteiger partial charge >= 0.3 is 11.4 Å². The Morgan fingerprint density at radius 2 is 1.57 bits per heavy atom. The van der Waals surface area contributed by atoms with E-state index in [4.69, 9.17) is 0 Å². The van der Waals surface area contributed by atoms with Crippen molar-refractivity contribution in [1.29, 1.82) is 0 Å². The van der Waals surface area contributed by atoms with Crippen molar-refractivity contribution in [3.8, 4) is 0 Å². The van der Waals surface area contributed by atoms with E-state index in [1.807, 2.05) is 0 Å². The van der Waals surface area contributed by atoms with Crippen LogP contribution in [0, 0.1) is 0 Å². The molecule has 0 atom stereocenters. The average Bonchev–Trinajstić information content (AvgIpc) is 2.48. The first-order valence-electron chi connectivity index (χ1n) is 4.39. The summed E-state index contributed by atoms with van der Waals surface area (Å²) in [5, 5.41) is 7.75. The van der Waals surface area contributed by atoms with Crippen LogP contribution in [-0.4, -0.2) is 27.9 Å². The van der Waals surface area contributed by atoms with Crippen molar-refractivity contribution in [2.45, 2.75) is 18.9 Å². The van der Waals surface area contributed by atoms with Gasteiger partial charge in [-0.25, -0.2) is 24.4 Å². The molecule has 0 saturated carbocycles. The number of aromatic nitrogens is 3. The predicted octanol–water partition coefficient (Wildman–Crippen LogP) is -0.789. The fraction of sp³-hybridized carbons (Fsp3) is 0.714. The zero-order valence-electron chi connectivity index (χ0n) is 7.58. The molecular formula is C7H13ClN4O2. The molecule has 6 nitrogen and oxygen atoms in total. The fourth-order valence-corrected chi connectivity index (χ4v) is 1.72. The molecule has 2 heterocycles. The molecule has 0 radical (unpaired) electrons. The van der Waals surface area contributed by atoms with E-state index in [2.05, 4.69) is 15.5 Å². The topological polar surface area (TPSA) is 82.7 Å². The molecule has 1 aliphatic rings. The molecule has 2 rings (SSSR count). The highest BCUT2D eigenvalue weighted by Gasteiger charge is 2.18. The van der Waals surface area contributed by atoms with Crippen LogP contribution in [0.4, 0.5) is 0 Å². The largest absolute Gasteiger partial charge is 0.344 e. The van der Waals surface area contributed by atoms with E-state index in [0.717, 1.165) is 25.9 Å². The minimum atomic E-state index is -0.336. The van der Waals surface area contributed by atoms with Crippen LogP contribution in [0.5, 0.6) is 0 Å². The zero-order chi connectivity index (χ0) is 9.26. The molecule has 0 amide bonds. The number of nitrogens with zero attached hydrogens (tertiary/aromatic N) is 1. The van der Waals surface area contributed by atoms with Gasteiger partial charge in [0.2, 0.25) is 0 Å². The van der Waals surface area contributed by atoms with Gasteiger partial charge in [-0.1, -0.05) is 0 Å². The van der Waals surface area contributed by atoms with Crippen molar-refractivity contribution in [2.24, 2.45) is 0 Å². The monoisotopic (exact) mass is 220 g/mol. The quantitative estimate of drug-likeness (QED) is 0.580. The third-order valence-corrected chi connectivity index (χ3v) is 2.39. The van der Waals surface area contributed by atoms with Crippen LogP contribution in [0.1, 0.15) is 18.9 Å². The fourth-order valence-electron chi connectivity index (χ4n) is 1.72. The van der Waals surface area contributed by atoms with Gasteiger partial charge in [0.1, 0.15) is 0 Å². The summed E-state index contributed by atoms with van der Waals surface area (Å²) in [5.74, 6) is 0. The van der Waals surface area contributed by atoms with Crippen LogP contribution in [-0.2, 0) is 0 Å². The first kappa shape index (κ1) is 11.1. The third-order valence-electron chi connectivity index (χ3n) is 2.39. The minimum Gasteiger partial charge on any atom is -0.317 e. The molecule has 0 spiro atoms. The molecule has 1 aliphatic heterocycles. The molecule has 14 heavy (non-hydrogen) atoms. The van der Waals surface area contributed by atoms with Gasteiger partial charge in [-0.15, -0.1) is 12.4 Å². The SMILES string of the molecule is Cl.O=c1[nH][nH]c(=O)n1C1CCNCC1.